The van der Waals surface area contributed by atoms with Crippen molar-refractivity contribution in [3.8, 4) is 5.75 Å². The Bertz CT molecular complexity index is 592. The van der Waals surface area contributed by atoms with E-state index in [1.54, 1.807) is 32.4 Å². The highest BCUT2D eigenvalue weighted by atomic mass is 35.5. The van der Waals surface area contributed by atoms with Gasteiger partial charge in [0.1, 0.15) is 10.8 Å². The Balaban J connectivity index is 2.37. The molecule has 0 unspecified atom stereocenters. The monoisotopic (exact) mass is 298 g/mol. The summed E-state index contributed by atoms with van der Waals surface area (Å²) in [6, 6.07) is 5.24. The molecule has 0 spiro atoms. The van der Waals surface area contributed by atoms with E-state index in [0.717, 1.165) is 0 Å². The van der Waals surface area contributed by atoms with Crippen molar-refractivity contribution >= 4 is 40.7 Å². The number of nitrogens with one attached hydrogen (secondary N) is 2. The lowest BCUT2D eigenvalue weighted by atomic mass is 10.3. The molecule has 2 aromatic rings. The molecule has 7 heteroatoms. The predicted molar refractivity (Wildman–Crippen MR) is 77.9 cm³/mol. The number of aromatic nitrogens is 2. The second-order valence-electron chi connectivity index (χ2n) is 3.61. The number of nitrogens with zero attached hydrogens (tertiary/aromatic N) is 2. The van der Waals surface area contributed by atoms with Gasteiger partial charge in [0.25, 0.3) is 0 Å². The number of anilines is 3. The molecular weight excluding hydrogens is 287 g/mol. The van der Waals surface area contributed by atoms with Crippen LogP contribution in [0.25, 0.3) is 0 Å². The molecule has 1 aromatic carbocycles. The van der Waals surface area contributed by atoms with Crippen molar-refractivity contribution in [2.24, 2.45) is 0 Å². The molecule has 2 N–H and O–H groups in total. The van der Waals surface area contributed by atoms with E-state index >= 15 is 0 Å². The minimum Gasteiger partial charge on any atom is -0.495 e. The molecule has 100 valence electrons. The lowest BCUT2D eigenvalue weighted by Gasteiger charge is -2.12. The third-order valence-electron chi connectivity index (χ3n) is 2.38. The Kier molecular flexibility index (Phi) is 4.29. The molecule has 0 fully saturated rings. The fraction of sp³-hybridized carbons (Fsp3) is 0.167. The fourth-order valence-electron chi connectivity index (χ4n) is 1.48. The smallest absolute Gasteiger partial charge is 0.224 e. The average molecular weight is 299 g/mol. The van der Waals surface area contributed by atoms with E-state index in [2.05, 4.69) is 20.6 Å². The Morgan fingerprint density at radius 3 is 2.74 bits per heavy atom. The first kappa shape index (κ1) is 13.7. The van der Waals surface area contributed by atoms with Crippen molar-refractivity contribution in [1.29, 1.82) is 0 Å². The minimum atomic E-state index is 0.404. The van der Waals surface area contributed by atoms with Gasteiger partial charge in [0.15, 0.2) is 5.82 Å². The van der Waals surface area contributed by atoms with Gasteiger partial charge in [-0.1, -0.05) is 23.2 Å². The molecule has 0 radical (unpaired) electrons. The van der Waals surface area contributed by atoms with E-state index in [0.29, 0.717) is 33.2 Å². The molecule has 0 atom stereocenters. The van der Waals surface area contributed by atoms with E-state index in [9.17, 15) is 0 Å². The van der Waals surface area contributed by atoms with Crippen LogP contribution >= 0.6 is 23.2 Å². The summed E-state index contributed by atoms with van der Waals surface area (Å²) >= 11 is 12.0. The minimum absolute atomic E-state index is 0.404. The molecule has 0 aliphatic heterocycles. The molecule has 2 rings (SSSR count). The van der Waals surface area contributed by atoms with Crippen LogP contribution in [0.15, 0.2) is 24.4 Å². The standard InChI is InChI=1S/C12H12Cl2N4O/c1-15-12-16-6-8(14)11(18-12)17-9-5-7(13)3-4-10(9)19-2/h3-6H,1-2H3,(H2,15,16,17,18). The Labute approximate surface area is 120 Å². The summed E-state index contributed by atoms with van der Waals surface area (Å²) in [4.78, 5) is 8.23. The Hall–Kier alpha value is -1.72. The summed E-state index contributed by atoms with van der Waals surface area (Å²) in [5.74, 6) is 1.58. The largest absolute Gasteiger partial charge is 0.495 e. The van der Waals surface area contributed by atoms with Gasteiger partial charge < -0.3 is 15.4 Å². The lowest BCUT2D eigenvalue weighted by Crippen LogP contribution is -2.02. The second-order valence-corrected chi connectivity index (χ2v) is 4.45. The first-order valence-corrected chi connectivity index (χ1v) is 6.20. The second kappa shape index (κ2) is 5.95. The average Bonchev–Trinajstić information content (AvgIpc) is 2.41. The van der Waals surface area contributed by atoms with Crippen molar-refractivity contribution in [1.82, 2.24) is 9.97 Å². The van der Waals surface area contributed by atoms with Gasteiger partial charge in [0.2, 0.25) is 5.95 Å². The first-order chi connectivity index (χ1) is 9.13. The van der Waals surface area contributed by atoms with Crippen LogP contribution in [-0.2, 0) is 0 Å². The highest BCUT2D eigenvalue weighted by Gasteiger charge is 2.09. The van der Waals surface area contributed by atoms with Gasteiger partial charge in [0, 0.05) is 12.1 Å². The van der Waals surface area contributed by atoms with Crippen molar-refractivity contribution in [2.75, 3.05) is 24.8 Å². The summed E-state index contributed by atoms with van der Waals surface area (Å²) in [5.41, 5.74) is 0.678. The van der Waals surface area contributed by atoms with E-state index in [-0.39, 0.29) is 0 Å². The number of halogens is 2. The number of hydrogen-bond donors (Lipinski definition) is 2. The number of ether oxygens (including phenoxy) is 1. The Morgan fingerprint density at radius 1 is 1.26 bits per heavy atom. The summed E-state index contributed by atoms with van der Waals surface area (Å²) in [7, 11) is 3.31. The maximum atomic E-state index is 6.05. The maximum Gasteiger partial charge on any atom is 0.224 e. The van der Waals surface area contributed by atoms with Crippen LogP contribution in [0.3, 0.4) is 0 Å². The lowest BCUT2D eigenvalue weighted by molar-refractivity contribution is 0.417. The van der Waals surface area contributed by atoms with Crippen LogP contribution in [0.2, 0.25) is 10.0 Å². The zero-order valence-corrected chi connectivity index (χ0v) is 11.9. The van der Waals surface area contributed by atoms with Gasteiger partial charge in [-0.3, -0.25) is 0 Å². The van der Waals surface area contributed by atoms with Gasteiger partial charge in [-0.15, -0.1) is 0 Å². The number of rotatable bonds is 4. The first-order valence-electron chi connectivity index (χ1n) is 5.45. The third-order valence-corrected chi connectivity index (χ3v) is 2.89. The highest BCUT2D eigenvalue weighted by molar-refractivity contribution is 6.33. The summed E-state index contributed by atoms with van der Waals surface area (Å²) in [5, 5.41) is 6.91. The maximum absolute atomic E-state index is 6.05. The van der Waals surface area contributed by atoms with Crippen LogP contribution in [0.4, 0.5) is 17.5 Å². The van der Waals surface area contributed by atoms with Crippen molar-refractivity contribution in [3.05, 3.63) is 34.4 Å². The van der Waals surface area contributed by atoms with E-state index in [1.807, 2.05) is 0 Å². The van der Waals surface area contributed by atoms with Crippen LogP contribution in [-0.4, -0.2) is 24.1 Å². The molecule has 0 aliphatic rings. The van der Waals surface area contributed by atoms with Gasteiger partial charge in [0.05, 0.1) is 19.0 Å². The number of benzene rings is 1. The van der Waals surface area contributed by atoms with E-state index in [1.165, 1.54) is 6.20 Å². The molecular formula is C12H12Cl2N4O. The van der Waals surface area contributed by atoms with Crippen molar-refractivity contribution in [3.63, 3.8) is 0 Å². The van der Waals surface area contributed by atoms with Crippen LogP contribution in [0.1, 0.15) is 0 Å². The predicted octanol–water partition coefficient (Wildman–Crippen LogP) is 3.58. The zero-order chi connectivity index (χ0) is 13.8. The molecule has 0 amide bonds. The Morgan fingerprint density at radius 2 is 2.05 bits per heavy atom. The third kappa shape index (κ3) is 3.19. The van der Waals surface area contributed by atoms with Gasteiger partial charge >= 0.3 is 0 Å². The van der Waals surface area contributed by atoms with Crippen LogP contribution < -0.4 is 15.4 Å². The summed E-state index contributed by atoms with van der Waals surface area (Å²) in [6.07, 6.45) is 1.51. The summed E-state index contributed by atoms with van der Waals surface area (Å²) in [6.45, 7) is 0. The van der Waals surface area contributed by atoms with E-state index < -0.39 is 0 Å². The van der Waals surface area contributed by atoms with Crippen LogP contribution in [0.5, 0.6) is 5.75 Å². The zero-order valence-electron chi connectivity index (χ0n) is 10.4. The number of hydrogen-bond acceptors (Lipinski definition) is 5. The molecule has 0 saturated carbocycles. The van der Waals surface area contributed by atoms with Gasteiger partial charge in [-0.2, -0.15) is 4.98 Å². The number of methoxy groups -OCH3 is 1. The molecule has 0 aliphatic carbocycles. The molecule has 0 saturated heterocycles. The highest BCUT2D eigenvalue weighted by Crippen LogP contribution is 2.32. The SMILES string of the molecule is CNc1ncc(Cl)c(Nc2cc(Cl)ccc2OC)n1. The summed E-state index contributed by atoms with van der Waals surface area (Å²) < 4.78 is 5.25. The molecule has 19 heavy (non-hydrogen) atoms. The molecule has 0 bridgehead atoms. The van der Waals surface area contributed by atoms with Gasteiger partial charge in [-0.05, 0) is 18.2 Å². The molecule has 1 heterocycles. The van der Waals surface area contributed by atoms with Gasteiger partial charge in [-0.25, -0.2) is 4.98 Å². The van der Waals surface area contributed by atoms with Crippen molar-refractivity contribution < 1.29 is 4.74 Å². The topological polar surface area (TPSA) is 59.1 Å². The fourth-order valence-corrected chi connectivity index (χ4v) is 1.79. The van der Waals surface area contributed by atoms with E-state index in [4.69, 9.17) is 27.9 Å². The quantitative estimate of drug-likeness (QED) is 0.903. The molecule has 1 aromatic heterocycles. The molecule has 5 nitrogen and oxygen atoms in total. The normalized spacial score (nSPS) is 10.1. The van der Waals surface area contributed by atoms with Crippen LogP contribution in [0, 0.1) is 0 Å². The van der Waals surface area contributed by atoms with Crippen molar-refractivity contribution in [2.45, 2.75) is 0 Å².